The van der Waals surface area contributed by atoms with Crippen LogP contribution in [0.1, 0.15) is 47.5 Å². The van der Waals surface area contributed by atoms with Crippen molar-refractivity contribution in [2.24, 2.45) is 0 Å². The molecule has 4 aromatic rings. The molecule has 1 unspecified atom stereocenters. The maximum Gasteiger partial charge on any atom is 0.296 e. The van der Waals surface area contributed by atoms with Gasteiger partial charge in [0.25, 0.3) is 5.91 Å². The van der Waals surface area contributed by atoms with E-state index in [1.54, 1.807) is 30.3 Å². The van der Waals surface area contributed by atoms with E-state index in [1.807, 2.05) is 24.3 Å². The number of aliphatic hydroxyl groups is 1. The SMILES string of the molecule is CCCCOc1ccc(C2C(C(=O)c3ccco3)=C(O)C(=O)N2c2nnc(SCc3ccc(Cl)cc3)s2)cc1. The van der Waals surface area contributed by atoms with Gasteiger partial charge in [-0.2, -0.15) is 0 Å². The molecule has 0 spiro atoms. The van der Waals surface area contributed by atoms with Crippen LogP contribution in [0.25, 0.3) is 0 Å². The van der Waals surface area contributed by atoms with Crippen LogP contribution in [-0.4, -0.2) is 33.6 Å². The second-order valence-electron chi connectivity index (χ2n) is 8.68. The molecule has 0 saturated carbocycles. The zero-order chi connectivity index (χ0) is 27.4. The number of ketones is 1. The Morgan fingerprint density at radius 2 is 1.92 bits per heavy atom. The molecule has 1 N–H and O–H groups in total. The number of aliphatic hydroxyl groups excluding tert-OH is 1. The molecule has 200 valence electrons. The Balaban J connectivity index is 1.45. The maximum absolute atomic E-state index is 13.4. The number of halogens is 1. The summed E-state index contributed by atoms with van der Waals surface area (Å²) in [6, 6.07) is 16.8. The molecule has 1 amide bonds. The van der Waals surface area contributed by atoms with Gasteiger partial charge < -0.3 is 14.3 Å². The lowest BCUT2D eigenvalue weighted by Crippen LogP contribution is -2.31. The molecule has 0 radical (unpaired) electrons. The number of anilines is 1. The summed E-state index contributed by atoms with van der Waals surface area (Å²) in [5.41, 5.74) is 1.58. The largest absolute Gasteiger partial charge is 0.503 e. The monoisotopic (exact) mass is 581 g/mol. The fourth-order valence-corrected chi connectivity index (χ4v) is 6.00. The lowest BCUT2D eigenvalue weighted by atomic mass is 9.95. The number of ether oxygens (including phenoxy) is 1. The maximum atomic E-state index is 13.4. The van der Waals surface area contributed by atoms with Gasteiger partial charge in [0.1, 0.15) is 5.75 Å². The van der Waals surface area contributed by atoms with Crippen molar-refractivity contribution >= 4 is 51.5 Å². The Labute approximate surface area is 238 Å². The van der Waals surface area contributed by atoms with Gasteiger partial charge in [0, 0.05) is 10.8 Å². The molecule has 0 aliphatic carbocycles. The second kappa shape index (κ2) is 12.1. The van der Waals surface area contributed by atoms with Crippen molar-refractivity contribution in [1.82, 2.24) is 10.2 Å². The highest BCUT2D eigenvalue weighted by atomic mass is 35.5. The van der Waals surface area contributed by atoms with Gasteiger partial charge >= 0.3 is 0 Å². The van der Waals surface area contributed by atoms with Crippen molar-refractivity contribution in [3.05, 3.63) is 100 Å². The zero-order valence-electron chi connectivity index (χ0n) is 20.9. The summed E-state index contributed by atoms with van der Waals surface area (Å²) in [6.45, 7) is 2.68. The van der Waals surface area contributed by atoms with E-state index in [4.69, 9.17) is 20.8 Å². The first-order chi connectivity index (χ1) is 19.0. The molecule has 1 aliphatic heterocycles. The zero-order valence-corrected chi connectivity index (χ0v) is 23.3. The number of hydrogen-bond acceptors (Lipinski definition) is 9. The second-order valence-corrected chi connectivity index (χ2v) is 11.3. The summed E-state index contributed by atoms with van der Waals surface area (Å²) in [5.74, 6) is -0.629. The quantitative estimate of drug-likeness (QED) is 0.0870. The van der Waals surface area contributed by atoms with Crippen molar-refractivity contribution in [1.29, 1.82) is 0 Å². The van der Waals surface area contributed by atoms with E-state index in [-0.39, 0.29) is 16.5 Å². The Morgan fingerprint density at radius 1 is 1.15 bits per heavy atom. The van der Waals surface area contributed by atoms with Crippen LogP contribution in [0.3, 0.4) is 0 Å². The highest BCUT2D eigenvalue weighted by Gasteiger charge is 2.46. The molecule has 3 heterocycles. The number of hydrogen-bond donors (Lipinski definition) is 1. The van der Waals surface area contributed by atoms with Gasteiger partial charge in [0.2, 0.25) is 10.9 Å². The molecular formula is C28H24ClN3O5S2. The highest BCUT2D eigenvalue weighted by Crippen LogP contribution is 2.44. The molecule has 2 aromatic carbocycles. The fraction of sp³-hybridized carbons (Fsp3) is 0.214. The minimum atomic E-state index is -0.929. The van der Waals surface area contributed by atoms with Gasteiger partial charge in [-0.15, -0.1) is 10.2 Å². The van der Waals surface area contributed by atoms with Gasteiger partial charge in [-0.25, -0.2) is 0 Å². The van der Waals surface area contributed by atoms with E-state index >= 15 is 0 Å². The average Bonchev–Trinajstić information content (AvgIpc) is 3.70. The molecule has 2 aromatic heterocycles. The average molecular weight is 582 g/mol. The third-order valence-corrected chi connectivity index (χ3v) is 8.42. The topological polar surface area (TPSA) is 106 Å². The van der Waals surface area contributed by atoms with E-state index in [0.717, 1.165) is 18.4 Å². The van der Waals surface area contributed by atoms with Crippen LogP contribution < -0.4 is 9.64 Å². The third kappa shape index (κ3) is 5.88. The minimum Gasteiger partial charge on any atom is -0.503 e. The van der Waals surface area contributed by atoms with Crippen LogP contribution in [0.15, 0.2) is 87.0 Å². The van der Waals surface area contributed by atoms with Gasteiger partial charge in [0.05, 0.1) is 24.5 Å². The van der Waals surface area contributed by atoms with Gasteiger partial charge in [-0.1, -0.05) is 72.3 Å². The normalized spacial score (nSPS) is 15.3. The summed E-state index contributed by atoms with van der Waals surface area (Å²) in [6.07, 6.45) is 3.31. The number of thioether (sulfide) groups is 1. The summed E-state index contributed by atoms with van der Waals surface area (Å²) >= 11 is 8.64. The van der Waals surface area contributed by atoms with Crippen LogP contribution in [-0.2, 0) is 10.5 Å². The van der Waals surface area contributed by atoms with Crippen LogP contribution in [0.5, 0.6) is 5.75 Å². The van der Waals surface area contributed by atoms with Crippen LogP contribution >= 0.6 is 34.7 Å². The number of Topliss-reactive ketones (excluding diaryl/α,β-unsaturated/α-hetero) is 1. The minimum absolute atomic E-state index is 0.0205. The summed E-state index contributed by atoms with van der Waals surface area (Å²) in [5, 5.41) is 20.3. The van der Waals surface area contributed by atoms with Gasteiger partial charge in [0.15, 0.2) is 15.9 Å². The first kappa shape index (κ1) is 27.0. The molecule has 0 bridgehead atoms. The molecule has 39 heavy (non-hydrogen) atoms. The Kier molecular flexibility index (Phi) is 8.35. The van der Waals surface area contributed by atoms with E-state index in [1.165, 1.54) is 40.3 Å². The van der Waals surface area contributed by atoms with E-state index in [9.17, 15) is 14.7 Å². The number of benzene rings is 2. The molecule has 5 rings (SSSR count). The number of furan rings is 1. The first-order valence-electron chi connectivity index (χ1n) is 12.2. The lowest BCUT2D eigenvalue weighted by Gasteiger charge is -2.24. The number of aromatic nitrogens is 2. The highest BCUT2D eigenvalue weighted by molar-refractivity contribution is 8.00. The van der Waals surface area contributed by atoms with Crippen LogP contribution in [0, 0.1) is 0 Å². The van der Waals surface area contributed by atoms with Gasteiger partial charge in [-0.05, 0) is 53.9 Å². The van der Waals surface area contributed by atoms with Crippen molar-refractivity contribution < 1.29 is 23.8 Å². The smallest absolute Gasteiger partial charge is 0.296 e. The van der Waals surface area contributed by atoms with E-state index < -0.39 is 23.5 Å². The van der Waals surface area contributed by atoms with Crippen molar-refractivity contribution in [3.8, 4) is 5.75 Å². The molecule has 0 saturated heterocycles. The standard InChI is InChI=1S/C28H24ClN3O5S2/c1-2-3-14-36-20-12-8-18(9-13-20)23-22(24(33)21-5-4-15-37-21)25(34)26(35)32(23)27-30-31-28(39-27)38-16-17-6-10-19(29)11-7-17/h4-13,15,23,34H,2-3,14,16H2,1H3. The lowest BCUT2D eigenvalue weighted by molar-refractivity contribution is -0.117. The molecular weight excluding hydrogens is 558 g/mol. The number of rotatable bonds is 11. The van der Waals surface area contributed by atoms with E-state index in [0.29, 0.717) is 33.0 Å². The number of carbonyl (C=O) groups excluding carboxylic acids is 2. The molecule has 1 atom stereocenters. The number of amides is 1. The summed E-state index contributed by atoms with van der Waals surface area (Å²) in [4.78, 5) is 28.1. The number of carbonyl (C=O) groups is 2. The summed E-state index contributed by atoms with van der Waals surface area (Å²) in [7, 11) is 0. The number of unbranched alkanes of at least 4 members (excludes halogenated alkanes) is 1. The molecule has 11 heteroatoms. The Hall–Kier alpha value is -3.60. The Bertz CT molecular complexity index is 1480. The van der Waals surface area contributed by atoms with Crippen molar-refractivity contribution in [2.45, 2.75) is 35.9 Å². The third-order valence-electron chi connectivity index (χ3n) is 6.04. The fourth-order valence-electron chi connectivity index (χ4n) is 4.06. The van der Waals surface area contributed by atoms with Crippen LogP contribution in [0.2, 0.25) is 5.02 Å². The van der Waals surface area contributed by atoms with Crippen molar-refractivity contribution in [2.75, 3.05) is 11.5 Å². The van der Waals surface area contributed by atoms with Crippen LogP contribution in [0.4, 0.5) is 5.13 Å². The number of nitrogens with zero attached hydrogens (tertiary/aromatic N) is 3. The summed E-state index contributed by atoms with van der Waals surface area (Å²) < 4.78 is 11.7. The van der Waals surface area contributed by atoms with Gasteiger partial charge in [-0.3, -0.25) is 14.5 Å². The van der Waals surface area contributed by atoms with Crippen molar-refractivity contribution in [3.63, 3.8) is 0 Å². The first-order valence-corrected chi connectivity index (χ1v) is 14.4. The molecule has 0 fully saturated rings. The predicted molar refractivity (Wildman–Crippen MR) is 151 cm³/mol. The molecule has 8 nitrogen and oxygen atoms in total. The molecule has 1 aliphatic rings. The van der Waals surface area contributed by atoms with E-state index in [2.05, 4.69) is 17.1 Å². The predicted octanol–water partition coefficient (Wildman–Crippen LogP) is 7.04. The Morgan fingerprint density at radius 3 is 2.62 bits per heavy atom.